The van der Waals surface area contributed by atoms with Crippen LogP contribution >= 0.6 is 23.1 Å². The zero-order valence-electron chi connectivity index (χ0n) is 26.6. The van der Waals surface area contributed by atoms with E-state index < -0.39 is 46.8 Å². The van der Waals surface area contributed by atoms with Crippen LogP contribution in [-0.4, -0.2) is 74.8 Å². The van der Waals surface area contributed by atoms with E-state index in [0.717, 1.165) is 21.6 Å². The van der Waals surface area contributed by atoms with Gasteiger partial charge in [-0.2, -0.15) is 0 Å². The number of fused-ring (bicyclic) bond motifs is 1. The first-order valence-electron chi connectivity index (χ1n) is 15.7. The number of esters is 1. The molecule has 0 bridgehead atoms. The lowest BCUT2D eigenvalue weighted by molar-refractivity contribution is -0.150. The van der Waals surface area contributed by atoms with Crippen LogP contribution in [0.1, 0.15) is 35.2 Å². The summed E-state index contributed by atoms with van der Waals surface area (Å²) < 4.78 is 5.31. The molecular formula is C36H31N5O7S2. The molecule has 3 N–H and O–H groups in total. The minimum Gasteiger partial charge on any atom is -0.477 e. The van der Waals surface area contributed by atoms with E-state index in [1.807, 2.05) is 91.0 Å². The molecule has 2 saturated heterocycles. The Labute approximate surface area is 295 Å². The van der Waals surface area contributed by atoms with Crippen LogP contribution in [0, 0.1) is 0 Å². The number of oxime groups is 1. The number of carbonyl (C=O) groups is 4. The standard InChI is InChI=1S/C36H31N5O7S2/c1-47-40-28(31(43)38-29-32(44)41-30(34(45)46)24(19-49-33(29)41)26-17-18-27(42)48-26)25-20-50-35(37-25)39-36(21-11-5-2-6-12-21,22-13-7-3-8-14-22)23-15-9-4-10-16-23/h2-16,20,26,29,33H,17-19H2,1H3,(H,37,39)(H,38,43)(H,45,46)/b40-28+/t26-,29+,33+/m0/s1. The first kappa shape index (κ1) is 33.0. The summed E-state index contributed by atoms with van der Waals surface area (Å²) in [6.45, 7) is 0. The summed E-state index contributed by atoms with van der Waals surface area (Å²) in [6.07, 6.45) is -0.160. The topological polar surface area (TPSA) is 160 Å². The van der Waals surface area contributed by atoms with E-state index >= 15 is 0 Å². The molecule has 1 aromatic heterocycles. The van der Waals surface area contributed by atoms with E-state index in [-0.39, 0.29) is 29.3 Å². The van der Waals surface area contributed by atoms with Gasteiger partial charge in [-0.05, 0) is 23.1 Å². The van der Waals surface area contributed by atoms with Crippen molar-refractivity contribution in [1.82, 2.24) is 15.2 Å². The van der Waals surface area contributed by atoms with Gasteiger partial charge in [0.2, 0.25) is 0 Å². The molecule has 2 fully saturated rings. The first-order chi connectivity index (χ1) is 24.3. The normalized spacial score (nSPS) is 20.5. The quantitative estimate of drug-likeness (QED) is 0.0673. The Bertz CT molecular complexity index is 1910. The minimum absolute atomic E-state index is 0.152. The second-order valence-corrected chi connectivity index (χ2v) is 13.7. The second kappa shape index (κ2) is 13.8. The Hall–Kier alpha value is -5.47. The van der Waals surface area contributed by atoms with Crippen LogP contribution in [0.2, 0.25) is 0 Å². The maximum atomic E-state index is 13.7. The number of carboxylic acid groups (broad SMARTS) is 1. The van der Waals surface area contributed by atoms with Crippen molar-refractivity contribution in [2.24, 2.45) is 5.16 Å². The van der Waals surface area contributed by atoms with Crippen molar-refractivity contribution in [2.45, 2.75) is 35.9 Å². The number of aromatic nitrogens is 1. The van der Waals surface area contributed by atoms with Crippen LogP contribution in [-0.2, 0) is 34.3 Å². The van der Waals surface area contributed by atoms with Crippen molar-refractivity contribution in [2.75, 3.05) is 18.2 Å². The van der Waals surface area contributed by atoms with Gasteiger partial charge in [-0.1, -0.05) is 96.2 Å². The highest BCUT2D eigenvalue weighted by atomic mass is 32.2. The number of nitrogens with zero attached hydrogens (tertiary/aromatic N) is 3. The Morgan fingerprint density at radius 1 is 0.980 bits per heavy atom. The minimum atomic E-state index is -1.30. The fraction of sp³-hybridized carbons (Fsp3) is 0.222. The summed E-state index contributed by atoms with van der Waals surface area (Å²) in [5.41, 5.74) is 2.30. The van der Waals surface area contributed by atoms with E-state index in [4.69, 9.17) is 14.6 Å². The average molecular weight is 710 g/mol. The van der Waals surface area contributed by atoms with Crippen LogP contribution in [0.4, 0.5) is 5.13 Å². The summed E-state index contributed by atoms with van der Waals surface area (Å²) in [7, 11) is 1.30. The molecule has 3 atom stereocenters. The maximum Gasteiger partial charge on any atom is 0.352 e. The molecule has 14 heteroatoms. The number of carboxylic acids is 1. The zero-order chi connectivity index (χ0) is 34.8. The fourth-order valence-corrected chi connectivity index (χ4v) is 8.71. The lowest BCUT2D eigenvalue weighted by atomic mass is 9.77. The third-order valence-corrected chi connectivity index (χ3v) is 10.9. The highest BCUT2D eigenvalue weighted by Gasteiger charge is 2.55. The van der Waals surface area contributed by atoms with Crippen LogP contribution in [0.3, 0.4) is 0 Å². The van der Waals surface area contributed by atoms with Gasteiger partial charge >= 0.3 is 11.9 Å². The number of hydrogen-bond acceptors (Lipinski definition) is 11. The number of ether oxygens (including phenoxy) is 1. The van der Waals surface area contributed by atoms with Gasteiger partial charge in [-0.25, -0.2) is 9.78 Å². The van der Waals surface area contributed by atoms with Crippen LogP contribution < -0.4 is 10.6 Å². The fourth-order valence-electron chi connectivity index (χ4n) is 6.55. The molecule has 50 heavy (non-hydrogen) atoms. The van der Waals surface area contributed by atoms with Gasteiger partial charge in [0.15, 0.2) is 10.8 Å². The van der Waals surface area contributed by atoms with Gasteiger partial charge in [0.25, 0.3) is 11.8 Å². The van der Waals surface area contributed by atoms with E-state index in [1.165, 1.54) is 30.2 Å². The Kier molecular flexibility index (Phi) is 9.12. The number of nitrogens with one attached hydrogen (secondary N) is 2. The van der Waals surface area contributed by atoms with Crippen LogP contribution in [0.25, 0.3) is 0 Å². The molecule has 3 aromatic carbocycles. The number of rotatable bonds is 11. The Balaban J connectivity index is 1.16. The lowest BCUT2D eigenvalue weighted by Gasteiger charge is -2.49. The number of hydrogen-bond donors (Lipinski definition) is 3. The van der Waals surface area contributed by atoms with Gasteiger partial charge in [-0.3, -0.25) is 19.3 Å². The van der Waals surface area contributed by atoms with Crippen molar-refractivity contribution in [1.29, 1.82) is 0 Å². The molecule has 12 nitrogen and oxygen atoms in total. The highest BCUT2D eigenvalue weighted by molar-refractivity contribution is 8.00. The van der Waals surface area contributed by atoms with Gasteiger partial charge in [0.1, 0.15) is 41.6 Å². The highest BCUT2D eigenvalue weighted by Crippen LogP contribution is 2.43. The maximum absolute atomic E-state index is 13.7. The molecule has 3 aliphatic heterocycles. The summed E-state index contributed by atoms with van der Waals surface area (Å²) in [5, 5.41) is 21.9. The van der Waals surface area contributed by atoms with Gasteiger partial charge in [-0.15, -0.1) is 23.1 Å². The van der Waals surface area contributed by atoms with Gasteiger partial charge in [0.05, 0.1) is 0 Å². The molecule has 4 aromatic rings. The van der Waals surface area contributed by atoms with E-state index in [9.17, 15) is 24.3 Å². The summed E-state index contributed by atoms with van der Waals surface area (Å²) >= 11 is 2.57. The van der Waals surface area contributed by atoms with Crippen LogP contribution in [0.5, 0.6) is 0 Å². The molecule has 7 rings (SSSR count). The molecule has 0 unspecified atom stereocenters. The summed E-state index contributed by atoms with van der Waals surface area (Å²) in [5.74, 6) is -2.78. The largest absolute Gasteiger partial charge is 0.477 e. The molecule has 0 radical (unpaired) electrons. The first-order valence-corrected chi connectivity index (χ1v) is 17.7. The van der Waals surface area contributed by atoms with Crippen LogP contribution in [0.15, 0.2) is 113 Å². The molecular weight excluding hydrogens is 679 g/mol. The van der Waals surface area contributed by atoms with E-state index in [0.29, 0.717) is 17.1 Å². The number of β-lactam (4-membered cyclic amide) rings is 1. The Morgan fingerprint density at radius 2 is 1.58 bits per heavy atom. The Morgan fingerprint density at radius 3 is 2.10 bits per heavy atom. The average Bonchev–Trinajstić information content (AvgIpc) is 3.80. The molecule has 0 aliphatic carbocycles. The zero-order valence-corrected chi connectivity index (χ0v) is 28.3. The number of thiazole rings is 1. The molecule has 2 amide bonds. The summed E-state index contributed by atoms with van der Waals surface area (Å²) in [6, 6.07) is 29.0. The van der Waals surface area contributed by atoms with E-state index in [2.05, 4.69) is 15.8 Å². The predicted molar refractivity (Wildman–Crippen MR) is 187 cm³/mol. The molecule has 4 heterocycles. The lowest BCUT2D eigenvalue weighted by Crippen LogP contribution is -2.71. The molecule has 254 valence electrons. The molecule has 0 spiro atoms. The SMILES string of the molecule is CO/N=C(/C(=O)N[C@@H]1C(=O)N2C(C(=O)O)=C([C@@H]3CCC(=O)O3)CS[C@H]12)c1csc(NC(c2ccccc2)(c2ccccc2)c2ccccc2)n1. The monoisotopic (exact) mass is 709 g/mol. The number of benzene rings is 3. The summed E-state index contributed by atoms with van der Waals surface area (Å²) in [4.78, 5) is 62.0. The molecule has 3 aliphatic rings. The predicted octanol–water partition coefficient (Wildman–Crippen LogP) is 4.34. The number of cyclic esters (lactones) is 1. The number of carbonyl (C=O) groups excluding carboxylic acids is 3. The van der Waals surface area contributed by atoms with Gasteiger partial charge in [0, 0.05) is 23.1 Å². The van der Waals surface area contributed by atoms with Gasteiger partial charge < -0.3 is 25.3 Å². The smallest absolute Gasteiger partial charge is 0.352 e. The molecule has 0 saturated carbocycles. The third-order valence-electron chi connectivity index (χ3n) is 8.82. The number of aliphatic carboxylic acids is 1. The number of amides is 2. The third kappa shape index (κ3) is 5.90. The number of thioether (sulfide) groups is 1. The second-order valence-electron chi connectivity index (χ2n) is 11.7. The van der Waals surface area contributed by atoms with Crippen molar-refractivity contribution in [3.63, 3.8) is 0 Å². The van der Waals surface area contributed by atoms with Crippen molar-refractivity contribution in [3.8, 4) is 0 Å². The van der Waals surface area contributed by atoms with E-state index in [1.54, 1.807) is 5.38 Å². The van der Waals surface area contributed by atoms with Crippen molar-refractivity contribution in [3.05, 3.63) is 130 Å². The number of anilines is 1. The van der Waals surface area contributed by atoms with Crippen molar-refractivity contribution >= 4 is 57.7 Å². The van der Waals surface area contributed by atoms with Crippen molar-refractivity contribution < 1.29 is 33.9 Å².